The predicted molar refractivity (Wildman–Crippen MR) is 78.5 cm³/mol. The van der Waals surface area contributed by atoms with Crippen LogP contribution in [0.4, 0.5) is 0 Å². The molecule has 0 unspecified atom stereocenters. The maximum atomic E-state index is 10.8. The standard InChI is InChI=1S/C17H14O2/c1-13(17(18)19)16-11-9-15(10-12-16)8-7-14-5-3-2-4-6-14/h2-12H,1H2,(H,18,19)/b8-7+. The van der Waals surface area contributed by atoms with Crippen molar-refractivity contribution in [1.82, 2.24) is 0 Å². The molecule has 0 spiro atoms. The summed E-state index contributed by atoms with van der Waals surface area (Å²) < 4.78 is 0. The van der Waals surface area contributed by atoms with Crippen molar-refractivity contribution < 1.29 is 9.90 Å². The van der Waals surface area contributed by atoms with E-state index in [0.29, 0.717) is 5.56 Å². The van der Waals surface area contributed by atoms with Gasteiger partial charge in [-0.1, -0.05) is 73.3 Å². The molecule has 0 aliphatic heterocycles. The zero-order valence-electron chi connectivity index (χ0n) is 10.4. The topological polar surface area (TPSA) is 37.3 Å². The lowest BCUT2D eigenvalue weighted by Crippen LogP contribution is -1.97. The van der Waals surface area contributed by atoms with E-state index in [1.54, 1.807) is 12.1 Å². The maximum absolute atomic E-state index is 10.8. The van der Waals surface area contributed by atoms with Crippen LogP contribution in [0.1, 0.15) is 16.7 Å². The molecule has 0 aliphatic rings. The Morgan fingerprint density at radius 1 is 0.895 bits per heavy atom. The number of hydrogen-bond donors (Lipinski definition) is 1. The van der Waals surface area contributed by atoms with Crippen LogP contribution < -0.4 is 0 Å². The summed E-state index contributed by atoms with van der Waals surface area (Å²) >= 11 is 0. The first-order chi connectivity index (χ1) is 9.16. The number of benzene rings is 2. The smallest absolute Gasteiger partial charge is 0.335 e. The average Bonchev–Trinajstić information content (AvgIpc) is 2.46. The SMILES string of the molecule is C=C(C(=O)O)c1ccc(/C=C/c2ccccc2)cc1. The van der Waals surface area contributed by atoms with E-state index in [1.165, 1.54) is 0 Å². The zero-order chi connectivity index (χ0) is 13.7. The molecule has 0 aliphatic carbocycles. The van der Waals surface area contributed by atoms with E-state index in [2.05, 4.69) is 6.58 Å². The Hall–Kier alpha value is -2.61. The van der Waals surface area contributed by atoms with Gasteiger partial charge in [0.25, 0.3) is 0 Å². The van der Waals surface area contributed by atoms with Gasteiger partial charge in [-0.15, -0.1) is 0 Å². The van der Waals surface area contributed by atoms with E-state index in [4.69, 9.17) is 5.11 Å². The van der Waals surface area contributed by atoms with Crippen LogP contribution in [-0.4, -0.2) is 11.1 Å². The Labute approximate surface area is 112 Å². The minimum atomic E-state index is -0.993. The van der Waals surface area contributed by atoms with Gasteiger partial charge in [0.2, 0.25) is 0 Å². The van der Waals surface area contributed by atoms with Gasteiger partial charge < -0.3 is 5.11 Å². The zero-order valence-corrected chi connectivity index (χ0v) is 10.4. The third-order valence-electron chi connectivity index (χ3n) is 2.79. The molecule has 0 saturated heterocycles. The molecule has 0 heterocycles. The first-order valence-electron chi connectivity index (χ1n) is 5.92. The molecule has 2 aromatic rings. The van der Waals surface area contributed by atoms with Crippen molar-refractivity contribution >= 4 is 23.7 Å². The Morgan fingerprint density at radius 3 is 1.95 bits per heavy atom. The van der Waals surface area contributed by atoms with Gasteiger partial charge in [-0.2, -0.15) is 0 Å². The Balaban J connectivity index is 2.13. The number of rotatable bonds is 4. The molecule has 0 bridgehead atoms. The molecule has 2 heteroatoms. The van der Waals surface area contributed by atoms with Crippen LogP contribution >= 0.6 is 0 Å². The van der Waals surface area contributed by atoms with E-state index < -0.39 is 5.97 Å². The average molecular weight is 250 g/mol. The van der Waals surface area contributed by atoms with Crippen LogP contribution in [0.2, 0.25) is 0 Å². The highest BCUT2D eigenvalue weighted by molar-refractivity contribution is 6.14. The first-order valence-corrected chi connectivity index (χ1v) is 5.92. The molecular formula is C17H14O2. The van der Waals surface area contributed by atoms with Crippen molar-refractivity contribution in [2.75, 3.05) is 0 Å². The molecule has 2 aromatic carbocycles. The fourth-order valence-corrected chi connectivity index (χ4v) is 1.68. The van der Waals surface area contributed by atoms with Gasteiger partial charge in [-0.05, 0) is 16.7 Å². The van der Waals surface area contributed by atoms with Crippen molar-refractivity contribution in [1.29, 1.82) is 0 Å². The van der Waals surface area contributed by atoms with E-state index in [1.807, 2.05) is 54.6 Å². The van der Waals surface area contributed by atoms with Gasteiger partial charge in [-0.3, -0.25) is 0 Å². The molecule has 0 aromatic heterocycles. The molecule has 0 saturated carbocycles. The third-order valence-corrected chi connectivity index (χ3v) is 2.79. The third kappa shape index (κ3) is 3.42. The van der Waals surface area contributed by atoms with Gasteiger partial charge in [0.15, 0.2) is 0 Å². The van der Waals surface area contributed by atoms with Crippen molar-refractivity contribution in [3.8, 4) is 0 Å². The van der Waals surface area contributed by atoms with E-state index >= 15 is 0 Å². The van der Waals surface area contributed by atoms with Gasteiger partial charge >= 0.3 is 5.97 Å². The first kappa shape index (κ1) is 12.8. The van der Waals surface area contributed by atoms with E-state index in [0.717, 1.165) is 11.1 Å². The van der Waals surface area contributed by atoms with Crippen LogP contribution in [0.25, 0.3) is 17.7 Å². The van der Waals surface area contributed by atoms with Gasteiger partial charge in [-0.25, -0.2) is 4.79 Å². The predicted octanol–water partition coefficient (Wildman–Crippen LogP) is 3.95. The molecular weight excluding hydrogens is 236 g/mol. The van der Waals surface area contributed by atoms with Crippen LogP contribution in [0.3, 0.4) is 0 Å². The lowest BCUT2D eigenvalue weighted by molar-refractivity contribution is -0.130. The highest BCUT2D eigenvalue weighted by atomic mass is 16.4. The maximum Gasteiger partial charge on any atom is 0.335 e. The molecule has 0 fully saturated rings. The second-order valence-electron chi connectivity index (χ2n) is 4.15. The van der Waals surface area contributed by atoms with Crippen molar-refractivity contribution in [3.63, 3.8) is 0 Å². The molecule has 0 atom stereocenters. The fourth-order valence-electron chi connectivity index (χ4n) is 1.68. The van der Waals surface area contributed by atoms with Crippen LogP contribution in [-0.2, 0) is 4.79 Å². The summed E-state index contributed by atoms with van der Waals surface area (Å²) in [5.74, 6) is -0.993. The normalized spacial score (nSPS) is 10.5. The minimum absolute atomic E-state index is 0.110. The summed E-state index contributed by atoms with van der Waals surface area (Å²) in [5, 5.41) is 8.84. The summed E-state index contributed by atoms with van der Waals surface area (Å²) in [6, 6.07) is 17.3. The Bertz CT molecular complexity index is 607. The lowest BCUT2D eigenvalue weighted by atomic mass is 10.0. The molecule has 2 nitrogen and oxygen atoms in total. The summed E-state index contributed by atoms with van der Waals surface area (Å²) in [4.78, 5) is 10.8. The molecule has 94 valence electrons. The van der Waals surface area contributed by atoms with Crippen molar-refractivity contribution in [3.05, 3.63) is 77.9 Å². The number of carboxylic acids is 1. The van der Waals surface area contributed by atoms with Crippen LogP contribution in [0.15, 0.2) is 61.2 Å². The summed E-state index contributed by atoms with van der Waals surface area (Å²) in [6.45, 7) is 3.53. The Kier molecular flexibility index (Phi) is 3.94. The number of hydrogen-bond acceptors (Lipinski definition) is 1. The van der Waals surface area contributed by atoms with Gasteiger partial charge in [0.05, 0.1) is 5.57 Å². The van der Waals surface area contributed by atoms with Crippen molar-refractivity contribution in [2.24, 2.45) is 0 Å². The molecule has 19 heavy (non-hydrogen) atoms. The monoisotopic (exact) mass is 250 g/mol. The molecule has 0 radical (unpaired) electrons. The van der Waals surface area contributed by atoms with Gasteiger partial charge in [0.1, 0.15) is 0 Å². The highest BCUT2D eigenvalue weighted by Gasteiger charge is 2.05. The number of carbonyl (C=O) groups is 1. The van der Waals surface area contributed by atoms with Gasteiger partial charge in [0, 0.05) is 0 Å². The number of aliphatic carboxylic acids is 1. The highest BCUT2D eigenvalue weighted by Crippen LogP contribution is 2.15. The van der Waals surface area contributed by atoms with Crippen LogP contribution in [0, 0.1) is 0 Å². The van der Waals surface area contributed by atoms with Crippen LogP contribution in [0.5, 0.6) is 0 Å². The van der Waals surface area contributed by atoms with E-state index in [9.17, 15) is 4.79 Å². The minimum Gasteiger partial charge on any atom is -0.478 e. The quantitative estimate of drug-likeness (QED) is 0.659. The number of carboxylic acid groups (broad SMARTS) is 1. The molecule has 1 N–H and O–H groups in total. The van der Waals surface area contributed by atoms with E-state index in [-0.39, 0.29) is 5.57 Å². The fraction of sp³-hybridized carbons (Fsp3) is 0. The Morgan fingerprint density at radius 2 is 1.42 bits per heavy atom. The molecule has 2 rings (SSSR count). The lowest BCUT2D eigenvalue weighted by Gasteiger charge is -2.01. The summed E-state index contributed by atoms with van der Waals surface area (Å²) in [7, 11) is 0. The second-order valence-corrected chi connectivity index (χ2v) is 4.15. The summed E-state index contributed by atoms with van der Waals surface area (Å²) in [5.41, 5.74) is 2.88. The van der Waals surface area contributed by atoms with Crippen molar-refractivity contribution in [2.45, 2.75) is 0 Å². The second kappa shape index (κ2) is 5.83. The largest absolute Gasteiger partial charge is 0.478 e. The molecule has 0 amide bonds. The summed E-state index contributed by atoms with van der Waals surface area (Å²) in [6.07, 6.45) is 4.00.